The maximum absolute atomic E-state index is 13.6. The number of aliphatic hydroxyl groups excluding tert-OH is 3. The van der Waals surface area contributed by atoms with Crippen LogP contribution in [0.3, 0.4) is 0 Å². The predicted molar refractivity (Wildman–Crippen MR) is 154 cm³/mol. The standard InChI is InChI=1S/C25H45N5O5S3/c1-7-9-15-12-16(30(5)13-15)23(34)26-18(22-20(32)19(31)21(33)24(35-22)36-6)14(2)37-25-28-27-17(38-25)10-8-11-29(3)4/h14-16,18-22,24,31-33H,7-13H2,1-6H3,(H,26,34)/t14-,15+,16-,18-,19-,20+,21+,22?,24+/m0/s1. The third-order valence-electron chi connectivity index (χ3n) is 7.37. The maximum atomic E-state index is 13.6. The number of carbonyl (C=O) groups excluding carboxylic acids is 1. The molecule has 2 aliphatic rings. The van der Waals surface area contributed by atoms with Crippen LogP contribution in [0.25, 0.3) is 0 Å². The molecule has 2 fully saturated rings. The van der Waals surface area contributed by atoms with Gasteiger partial charge in [0.05, 0.1) is 12.1 Å². The molecule has 3 heterocycles. The van der Waals surface area contributed by atoms with Crippen molar-refractivity contribution in [1.29, 1.82) is 0 Å². The number of rotatable bonds is 13. The molecular formula is C25H45N5O5S3. The van der Waals surface area contributed by atoms with Gasteiger partial charge in [-0.05, 0) is 59.1 Å². The fourth-order valence-electron chi connectivity index (χ4n) is 5.29. The van der Waals surface area contributed by atoms with Crippen molar-refractivity contribution >= 4 is 40.8 Å². The van der Waals surface area contributed by atoms with Gasteiger partial charge in [-0.15, -0.1) is 22.0 Å². The van der Waals surface area contributed by atoms with Crippen molar-refractivity contribution in [2.45, 2.75) is 97.5 Å². The number of ether oxygens (including phenoxy) is 1. The number of hydrogen-bond donors (Lipinski definition) is 4. The summed E-state index contributed by atoms with van der Waals surface area (Å²) in [5, 5.41) is 44.5. The molecule has 1 unspecified atom stereocenters. The van der Waals surface area contributed by atoms with Crippen molar-refractivity contribution in [2.75, 3.05) is 40.5 Å². The Balaban J connectivity index is 1.77. The van der Waals surface area contributed by atoms with Gasteiger partial charge in [-0.1, -0.05) is 43.4 Å². The summed E-state index contributed by atoms with van der Waals surface area (Å²) in [6, 6.07) is -0.886. The molecule has 9 atom stereocenters. The molecule has 1 aromatic heterocycles. The van der Waals surface area contributed by atoms with Crippen molar-refractivity contribution in [3.63, 3.8) is 0 Å². The van der Waals surface area contributed by atoms with Crippen molar-refractivity contribution < 1.29 is 24.9 Å². The molecular weight excluding hydrogens is 547 g/mol. The molecule has 0 spiro atoms. The van der Waals surface area contributed by atoms with Gasteiger partial charge in [-0.25, -0.2) is 0 Å². The van der Waals surface area contributed by atoms with Crippen molar-refractivity contribution in [3.8, 4) is 0 Å². The van der Waals surface area contributed by atoms with E-state index in [4.69, 9.17) is 4.74 Å². The van der Waals surface area contributed by atoms with Gasteiger partial charge in [0.2, 0.25) is 5.91 Å². The van der Waals surface area contributed by atoms with Gasteiger partial charge >= 0.3 is 0 Å². The Morgan fingerprint density at radius 2 is 2.00 bits per heavy atom. The van der Waals surface area contributed by atoms with E-state index in [0.29, 0.717) is 5.92 Å². The number of carbonyl (C=O) groups is 1. The predicted octanol–water partition coefficient (Wildman–Crippen LogP) is 1.29. The smallest absolute Gasteiger partial charge is 0.237 e. The van der Waals surface area contributed by atoms with Crippen LogP contribution in [0, 0.1) is 5.92 Å². The quantitative estimate of drug-likeness (QED) is 0.248. The number of amides is 1. The highest BCUT2D eigenvalue weighted by Gasteiger charge is 2.49. The molecule has 0 aromatic carbocycles. The van der Waals surface area contributed by atoms with Crippen molar-refractivity contribution in [1.82, 2.24) is 25.3 Å². The van der Waals surface area contributed by atoms with Gasteiger partial charge < -0.3 is 30.3 Å². The van der Waals surface area contributed by atoms with Gasteiger partial charge in [0, 0.05) is 18.2 Å². The molecule has 0 bridgehead atoms. The lowest BCUT2D eigenvalue weighted by atomic mass is 9.92. The molecule has 0 radical (unpaired) electrons. The monoisotopic (exact) mass is 591 g/mol. The molecule has 2 saturated heterocycles. The molecule has 3 rings (SSSR count). The molecule has 0 saturated carbocycles. The van der Waals surface area contributed by atoms with E-state index < -0.39 is 35.9 Å². The van der Waals surface area contributed by atoms with Crippen LogP contribution >= 0.6 is 34.9 Å². The second-order valence-corrected chi connectivity index (χ2v) is 14.4. The first-order valence-corrected chi connectivity index (χ1v) is 16.4. The summed E-state index contributed by atoms with van der Waals surface area (Å²) >= 11 is 4.28. The normalized spacial score (nSPS) is 32.0. The minimum atomic E-state index is -1.38. The third kappa shape index (κ3) is 8.26. The molecule has 0 aliphatic carbocycles. The van der Waals surface area contributed by atoms with Crippen molar-refractivity contribution in [3.05, 3.63) is 5.01 Å². The van der Waals surface area contributed by atoms with Crippen LogP contribution in [-0.4, -0.2) is 129 Å². The Kier molecular flexibility index (Phi) is 12.6. The van der Waals surface area contributed by atoms with E-state index in [1.54, 1.807) is 6.26 Å². The van der Waals surface area contributed by atoms with Crippen LogP contribution in [0.2, 0.25) is 0 Å². The Hall–Kier alpha value is -0.510. The summed E-state index contributed by atoms with van der Waals surface area (Å²) in [6.07, 6.45) is 1.73. The lowest BCUT2D eigenvalue weighted by molar-refractivity contribution is -0.205. The molecule has 10 nitrogen and oxygen atoms in total. The van der Waals surface area contributed by atoms with E-state index in [-0.39, 0.29) is 17.2 Å². The minimum Gasteiger partial charge on any atom is -0.388 e. The van der Waals surface area contributed by atoms with E-state index in [0.717, 1.165) is 54.5 Å². The zero-order valence-corrected chi connectivity index (χ0v) is 25.8. The molecule has 1 amide bonds. The number of likely N-dealkylation sites (N-methyl/N-ethyl adjacent to an activating group) is 1. The second-order valence-electron chi connectivity index (χ2n) is 10.7. The first-order chi connectivity index (χ1) is 18.0. The summed E-state index contributed by atoms with van der Waals surface area (Å²) in [7, 11) is 6.07. The van der Waals surface area contributed by atoms with Crippen LogP contribution in [-0.2, 0) is 16.0 Å². The van der Waals surface area contributed by atoms with Crippen LogP contribution in [0.5, 0.6) is 0 Å². The van der Waals surface area contributed by atoms with E-state index >= 15 is 0 Å². The number of likely N-dealkylation sites (tertiary alicyclic amines) is 1. The number of aromatic nitrogens is 2. The molecule has 218 valence electrons. The van der Waals surface area contributed by atoms with Crippen LogP contribution in [0.1, 0.15) is 44.5 Å². The highest BCUT2D eigenvalue weighted by Crippen LogP contribution is 2.35. The first-order valence-electron chi connectivity index (χ1n) is 13.4. The number of hydrogen-bond acceptors (Lipinski definition) is 12. The molecule has 4 N–H and O–H groups in total. The number of aliphatic hydroxyl groups is 3. The Morgan fingerprint density at radius 1 is 1.26 bits per heavy atom. The molecule has 38 heavy (non-hydrogen) atoms. The van der Waals surface area contributed by atoms with Crippen molar-refractivity contribution in [2.24, 2.45) is 5.92 Å². The van der Waals surface area contributed by atoms with Crippen LogP contribution in [0.4, 0.5) is 0 Å². The topological polar surface area (TPSA) is 131 Å². The van der Waals surface area contributed by atoms with E-state index in [1.807, 2.05) is 28.1 Å². The molecule has 1 aromatic rings. The average Bonchev–Trinajstić information content (AvgIpc) is 3.47. The Bertz CT molecular complexity index is 878. The summed E-state index contributed by atoms with van der Waals surface area (Å²) in [4.78, 5) is 17.8. The van der Waals surface area contributed by atoms with Gasteiger partial charge in [0.1, 0.15) is 34.9 Å². The third-order valence-corrected chi connectivity index (χ3v) is 10.5. The average molecular weight is 592 g/mol. The largest absolute Gasteiger partial charge is 0.388 e. The van der Waals surface area contributed by atoms with Gasteiger partial charge in [0.15, 0.2) is 4.34 Å². The first kappa shape index (κ1) is 32.0. The van der Waals surface area contributed by atoms with Crippen LogP contribution in [0.15, 0.2) is 4.34 Å². The number of nitrogens with one attached hydrogen (secondary N) is 1. The second kappa shape index (κ2) is 14.9. The zero-order valence-electron chi connectivity index (χ0n) is 23.3. The summed E-state index contributed by atoms with van der Waals surface area (Å²) < 4.78 is 6.89. The summed E-state index contributed by atoms with van der Waals surface area (Å²) in [5.74, 6) is 0.370. The lowest BCUT2D eigenvalue weighted by Crippen LogP contribution is -2.65. The molecule has 2 aliphatic heterocycles. The fourth-order valence-corrected chi connectivity index (χ4v) is 8.29. The number of aryl methyl sites for hydroxylation is 1. The Labute approximate surface area is 239 Å². The van der Waals surface area contributed by atoms with Crippen LogP contribution < -0.4 is 5.32 Å². The van der Waals surface area contributed by atoms with Gasteiger partial charge in [-0.3, -0.25) is 9.69 Å². The van der Waals surface area contributed by atoms with Gasteiger partial charge in [0.25, 0.3) is 0 Å². The fraction of sp³-hybridized carbons (Fsp3) is 0.880. The van der Waals surface area contributed by atoms with Gasteiger partial charge in [-0.2, -0.15) is 0 Å². The summed E-state index contributed by atoms with van der Waals surface area (Å²) in [6.45, 7) is 5.98. The highest BCUT2D eigenvalue weighted by atomic mass is 32.2. The number of nitrogens with zero attached hydrogens (tertiary/aromatic N) is 4. The molecule has 13 heteroatoms. The maximum Gasteiger partial charge on any atom is 0.237 e. The Morgan fingerprint density at radius 3 is 2.66 bits per heavy atom. The lowest BCUT2D eigenvalue weighted by Gasteiger charge is -2.44. The SMILES string of the molecule is CCC[C@@H]1C[C@@H](C(=O)N[C@H](C2O[C@H](SC)[C@H](O)[C@@H](O)[C@H]2O)[C@H](C)Sc2nnc(CCCN(C)C)s2)N(C)C1. The zero-order chi connectivity index (χ0) is 28.0. The highest BCUT2D eigenvalue weighted by molar-refractivity contribution is 8.01. The van der Waals surface area contributed by atoms with E-state index in [9.17, 15) is 20.1 Å². The van der Waals surface area contributed by atoms with E-state index in [2.05, 4.69) is 32.2 Å². The minimum absolute atomic E-state index is 0.109. The van der Waals surface area contributed by atoms with E-state index in [1.165, 1.54) is 34.9 Å². The summed E-state index contributed by atoms with van der Waals surface area (Å²) in [5.41, 5.74) is -0.720. The number of thioether (sulfide) groups is 2.